The van der Waals surface area contributed by atoms with E-state index in [1.165, 1.54) is 32.8 Å². The first kappa shape index (κ1) is 17.4. The van der Waals surface area contributed by atoms with E-state index < -0.39 is 5.54 Å². The van der Waals surface area contributed by atoms with E-state index in [1.54, 1.807) is 6.92 Å². The zero-order valence-electron chi connectivity index (χ0n) is 13.7. The van der Waals surface area contributed by atoms with Crippen LogP contribution in [0.2, 0.25) is 0 Å². The highest BCUT2D eigenvalue weighted by Crippen LogP contribution is 2.26. The summed E-state index contributed by atoms with van der Waals surface area (Å²) in [5.41, 5.74) is 5.12. The lowest BCUT2D eigenvalue weighted by Crippen LogP contribution is -2.45. The summed E-state index contributed by atoms with van der Waals surface area (Å²) in [5, 5.41) is 0. The Morgan fingerprint density at radius 2 is 2.10 bits per heavy atom. The Morgan fingerprint density at radius 1 is 1.40 bits per heavy atom. The first-order chi connectivity index (χ1) is 9.36. The van der Waals surface area contributed by atoms with Crippen LogP contribution in [0, 0.1) is 5.92 Å². The van der Waals surface area contributed by atoms with Crippen molar-refractivity contribution in [2.45, 2.75) is 70.4 Å². The molecule has 0 amide bonds. The van der Waals surface area contributed by atoms with Crippen LogP contribution in [0.3, 0.4) is 0 Å². The van der Waals surface area contributed by atoms with Gasteiger partial charge in [0.1, 0.15) is 5.54 Å². The zero-order valence-corrected chi connectivity index (χ0v) is 13.7. The lowest BCUT2D eigenvalue weighted by atomic mass is 9.86. The minimum absolute atomic E-state index is 0.313. The van der Waals surface area contributed by atoms with Crippen LogP contribution in [-0.4, -0.2) is 43.2 Å². The summed E-state index contributed by atoms with van der Waals surface area (Å²) in [6.07, 6.45) is 8.15. The molecule has 1 aliphatic carbocycles. The van der Waals surface area contributed by atoms with Gasteiger partial charge in [0.2, 0.25) is 0 Å². The predicted octanol–water partition coefficient (Wildman–Crippen LogP) is 2.56. The fourth-order valence-electron chi connectivity index (χ4n) is 3.17. The number of esters is 1. The van der Waals surface area contributed by atoms with Gasteiger partial charge in [0.05, 0.1) is 7.11 Å². The molecule has 0 heterocycles. The minimum atomic E-state index is -0.841. The second kappa shape index (κ2) is 7.99. The number of unbranched alkanes of at least 4 members (excludes halogenated alkanes) is 1. The number of carbonyl (C=O) groups is 1. The normalized spacial score (nSPS) is 26.3. The second-order valence-electron chi connectivity index (χ2n) is 6.77. The van der Waals surface area contributed by atoms with Gasteiger partial charge in [-0.3, -0.25) is 4.79 Å². The van der Waals surface area contributed by atoms with E-state index in [2.05, 4.69) is 18.9 Å². The number of nitrogens with zero attached hydrogens (tertiary/aromatic N) is 1. The highest BCUT2D eigenvalue weighted by atomic mass is 16.5. The molecule has 0 radical (unpaired) electrons. The Bertz CT molecular complexity index is 305. The summed E-state index contributed by atoms with van der Waals surface area (Å²) in [5.74, 6) is 0.551. The fraction of sp³-hybridized carbons (Fsp3) is 0.938. The molecule has 20 heavy (non-hydrogen) atoms. The lowest BCUT2D eigenvalue weighted by Gasteiger charge is -2.34. The third kappa shape index (κ3) is 5.41. The van der Waals surface area contributed by atoms with Gasteiger partial charge in [-0.2, -0.15) is 0 Å². The van der Waals surface area contributed by atoms with Crippen LogP contribution in [0.5, 0.6) is 0 Å². The molecule has 1 fully saturated rings. The maximum Gasteiger partial charge on any atom is 0.325 e. The number of rotatable bonds is 7. The number of carbonyl (C=O) groups excluding carboxylic acids is 1. The van der Waals surface area contributed by atoms with Crippen LogP contribution in [0.15, 0.2) is 0 Å². The topological polar surface area (TPSA) is 55.6 Å². The van der Waals surface area contributed by atoms with Crippen molar-refractivity contribution in [1.82, 2.24) is 4.90 Å². The Labute approximate surface area is 124 Å². The van der Waals surface area contributed by atoms with Crippen molar-refractivity contribution in [2.24, 2.45) is 11.7 Å². The lowest BCUT2D eigenvalue weighted by molar-refractivity contribution is -0.146. The van der Waals surface area contributed by atoms with Crippen molar-refractivity contribution in [3.05, 3.63) is 0 Å². The maximum atomic E-state index is 11.5. The van der Waals surface area contributed by atoms with Gasteiger partial charge in [-0.25, -0.2) is 0 Å². The third-order valence-electron chi connectivity index (χ3n) is 4.64. The molecule has 1 saturated carbocycles. The monoisotopic (exact) mass is 284 g/mol. The van der Waals surface area contributed by atoms with Gasteiger partial charge < -0.3 is 15.4 Å². The Hall–Kier alpha value is -0.610. The summed E-state index contributed by atoms with van der Waals surface area (Å²) in [7, 11) is 3.62. The minimum Gasteiger partial charge on any atom is -0.468 e. The third-order valence-corrected chi connectivity index (χ3v) is 4.64. The van der Waals surface area contributed by atoms with E-state index >= 15 is 0 Å². The van der Waals surface area contributed by atoms with Crippen molar-refractivity contribution in [3.8, 4) is 0 Å². The molecule has 3 unspecified atom stereocenters. The van der Waals surface area contributed by atoms with Crippen molar-refractivity contribution in [2.75, 3.05) is 20.7 Å². The van der Waals surface area contributed by atoms with Gasteiger partial charge in [0.25, 0.3) is 0 Å². The molecule has 2 N–H and O–H groups in total. The molecule has 4 nitrogen and oxygen atoms in total. The first-order valence-electron chi connectivity index (χ1n) is 7.94. The molecule has 0 aromatic rings. The fourth-order valence-corrected chi connectivity index (χ4v) is 3.17. The summed E-state index contributed by atoms with van der Waals surface area (Å²) >= 11 is 0. The van der Waals surface area contributed by atoms with Gasteiger partial charge >= 0.3 is 5.97 Å². The molecular formula is C16H32N2O2. The number of ether oxygens (including phenoxy) is 1. The number of nitrogens with two attached hydrogens (primary N) is 1. The van der Waals surface area contributed by atoms with Crippen LogP contribution < -0.4 is 5.73 Å². The molecule has 4 heteroatoms. The van der Waals surface area contributed by atoms with Crippen LogP contribution >= 0.6 is 0 Å². The van der Waals surface area contributed by atoms with E-state index in [1.807, 2.05) is 0 Å². The molecule has 1 aliphatic rings. The van der Waals surface area contributed by atoms with E-state index in [4.69, 9.17) is 10.5 Å². The standard InChI is InChI=1S/C16H32N2O2/c1-13-8-7-9-14(12-13)18(3)11-6-5-10-16(2,17)15(19)20-4/h13-14H,5-12,17H2,1-4H3. The molecule has 0 spiro atoms. The molecule has 0 saturated heterocycles. The van der Waals surface area contributed by atoms with Gasteiger partial charge in [-0.05, 0) is 58.5 Å². The highest BCUT2D eigenvalue weighted by Gasteiger charge is 2.28. The average molecular weight is 284 g/mol. The van der Waals surface area contributed by atoms with Crippen molar-refractivity contribution in [3.63, 3.8) is 0 Å². The number of hydrogen-bond acceptors (Lipinski definition) is 4. The summed E-state index contributed by atoms with van der Waals surface area (Å²) in [4.78, 5) is 14.0. The van der Waals surface area contributed by atoms with Gasteiger partial charge in [-0.1, -0.05) is 19.8 Å². The quantitative estimate of drug-likeness (QED) is 0.576. The van der Waals surface area contributed by atoms with Gasteiger partial charge in [-0.15, -0.1) is 0 Å². The van der Waals surface area contributed by atoms with Crippen LogP contribution in [0.1, 0.15) is 58.8 Å². The summed E-state index contributed by atoms with van der Waals surface area (Å²) in [6, 6.07) is 0.739. The SMILES string of the molecule is COC(=O)C(C)(N)CCCCN(C)C1CCCC(C)C1. The van der Waals surface area contributed by atoms with Gasteiger partial charge in [0, 0.05) is 6.04 Å². The number of methoxy groups -OCH3 is 1. The molecular weight excluding hydrogens is 252 g/mol. The molecule has 0 bridgehead atoms. The van der Waals surface area contributed by atoms with E-state index in [0.29, 0.717) is 6.42 Å². The molecule has 1 rings (SSSR count). The maximum absolute atomic E-state index is 11.5. The molecule has 118 valence electrons. The van der Waals surface area contributed by atoms with Crippen molar-refractivity contribution in [1.29, 1.82) is 0 Å². The van der Waals surface area contributed by atoms with E-state index in [-0.39, 0.29) is 5.97 Å². The summed E-state index contributed by atoms with van der Waals surface area (Å²) < 4.78 is 4.73. The van der Waals surface area contributed by atoms with Gasteiger partial charge in [0.15, 0.2) is 0 Å². The zero-order chi connectivity index (χ0) is 15.2. The van der Waals surface area contributed by atoms with E-state index in [0.717, 1.165) is 31.3 Å². The molecule has 3 atom stereocenters. The molecule has 0 aliphatic heterocycles. The predicted molar refractivity (Wildman–Crippen MR) is 82.5 cm³/mol. The number of hydrogen-bond donors (Lipinski definition) is 1. The Balaban J connectivity index is 2.22. The smallest absolute Gasteiger partial charge is 0.325 e. The van der Waals surface area contributed by atoms with Crippen molar-refractivity contribution < 1.29 is 9.53 Å². The average Bonchev–Trinajstić information content (AvgIpc) is 2.42. The highest BCUT2D eigenvalue weighted by molar-refractivity contribution is 5.79. The van der Waals surface area contributed by atoms with Crippen LogP contribution in [-0.2, 0) is 9.53 Å². The molecule has 0 aromatic heterocycles. The molecule has 0 aromatic carbocycles. The first-order valence-corrected chi connectivity index (χ1v) is 7.94. The van der Waals surface area contributed by atoms with Crippen molar-refractivity contribution >= 4 is 5.97 Å². The second-order valence-corrected chi connectivity index (χ2v) is 6.77. The van der Waals surface area contributed by atoms with E-state index in [9.17, 15) is 4.79 Å². The Kier molecular flexibility index (Phi) is 6.96. The Morgan fingerprint density at radius 3 is 2.70 bits per heavy atom. The van der Waals surface area contributed by atoms with Crippen LogP contribution in [0.25, 0.3) is 0 Å². The largest absolute Gasteiger partial charge is 0.468 e. The van der Waals surface area contributed by atoms with Crippen LogP contribution in [0.4, 0.5) is 0 Å². The summed E-state index contributed by atoms with van der Waals surface area (Å²) in [6.45, 7) is 5.20.